The number of carbonyl (C=O) groups is 2. The minimum Gasteiger partial charge on any atom is -0.486 e. The fourth-order valence-electron chi connectivity index (χ4n) is 5.25. The highest BCUT2D eigenvalue weighted by molar-refractivity contribution is 7.92. The highest BCUT2D eigenvalue weighted by Gasteiger charge is 2.36. The van der Waals surface area contributed by atoms with Crippen LogP contribution in [0.25, 0.3) is 0 Å². The van der Waals surface area contributed by atoms with Gasteiger partial charge in [0, 0.05) is 29.6 Å². The first-order chi connectivity index (χ1) is 22.4. The minimum absolute atomic E-state index is 0.00616. The van der Waals surface area contributed by atoms with Gasteiger partial charge in [0.05, 0.1) is 10.6 Å². The van der Waals surface area contributed by atoms with Crippen LogP contribution in [0.5, 0.6) is 11.5 Å². The van der Waals surface area contributed by atoms with Crippen molar-refractivity contribution in [2.75, 3.05) is 24.1 Å². The number of carbonyl (C=O) groups excluding carboxylic acids is 2. The first-order valence-electron chi connectivity index (χ1n) is 15.3. The number of anilines is 1. The van der Waals surface area contributed by atoms with Crippen LogP contribution in [-0.2, 0) is 32.6 Å². The Balaban J connectivity index is 1.60. The molecule has 0 bridgehead atoms. The maximum Gasteiger partial charge on any atom is 0.264 e. The Labute approximate surface area is 281 Å². The van der Waals surface area contributed by atoms with Gasteiger partial charge in [0.1, 0.15) is 25.8 Å². The summed E-state index contributed by atoms with van der Waals surface area (Å²) in [5, 5.41) is 3.44. The average Bonchev–Trinajstić information content (AvgIpc) is 3.05. The van der Waals surface area contributed by atoms with Crippen molar-refractivity contribution in [3.05, 3.63) is 119 Å². The molecule has 9 nitrogen and oxygen atoms in total. The molecule has 1 aliphatic heterocycles. The van der Waals surface area contributed by atoms with Crippen LogP contribution in [0.15, 0.2) is 108 Å². The summed E-state index contributed by atoms with van der Waals surface area (Å²) >= 11 is 6.58. The monoisotopic (exact) mass is 675 g/mol. The molecule has 0 fully saturated rings. The van der Waals surface area contributed by atoms with Crippen molar-refractivity contribution in [3.8, 4) is 11.5 Å². The minimum atomic E-state index is -4.26. The summed E-state index contributed by atoms with van der Waals surface area (Å²) in [5.41, 5.74) is 1.06. The number of halogens is 1. The summed E-state index contributed by atoms with van der Waals surface area (Å²) in [6, 6.07) is 28.1. The zero-order chi connectivity index (χ0) is 33.6. The highest BCUT2D eigenvalue weighted by atomic mass is 35.5. The highest BCUT2D eigenvalue weighted by Crippen LogP contribution is 2.36. The molecule has 0 spiro atoms. The zero-order valence-electron chi connectivity index (χ0n) is 26.6. The van der Waals surface area contributed by atoms with E-state index in [1.165, 1.54) is 17.0 Å². The van der Waals surface area contributed by atoms with E-state index in [2.05, 4.69) is 5.32 Å². The van der Waals surface area contributed by atoms with Gasteiger partial charge in [-0.1, -0.05) is 78.3 Å². The maximum absolute atomic E-state index is 14.7. The van der Waals surface area contributed by atoms with Gasteiger partial charge in [-0.2, -0.15) is 0 Å². The second kappa shape index (κ2) is 14.5. The van der Waals surface area contributed by atoms with Crippen molar-refractivity contribution >= 4 is 39.1 Å². The van der Waals surface area contributed by atoms with E-state index in [1.807, 2.05) is 51.1 Å². The van der Waals surface area contributed by atoms with E-state index in [0.29, 0.717) is 35.3 Å². The molecule has 4 aromatic rings. The lowest BCUT2D eigenvalue weighted by molar-refractivity contribution is -0.140. The largest absolute Gasteiger partial charge is 0.486 e. The zero-order valence-corrected chi connectivity index (χ0v) is 28.1. The number of amides is 2. The van der Waals surface area contributed by atoms with E-state index >= 15 is 0 Å². The van der Waals surface area contributed by atoms with E-state index < -0.39 is 34.1 Å². The molecule has 11 heteroatoms. The molecule has 47 heavy (non-hydrogen) atoms. The molecule has 2 amide bonds. The quantitative estimate of drug-likeness (QED) is 0.214. The topological polar surface area (TPSA) is 105 Å². The van der Waals surface area contributed by atoms with Crippen LogP contribution in [0.2, 0.25) is 5.02 Å². The van der Waals surface area contributed by atoms with E-state index in [1.54, 1.807) is 60.7 Å². The average molecular weight is 676 g/mol. The number of hydrogen-bond acceptors (Lipinski definition) is 6. The first-order valence-corrected chi connectivity index (χ1v) is 17.1. The third-order valence-corrected chi connectivity index (χ3v) is 9.65. The Hall–Kier alpha value is -4.54. The lowest BCUT2D eigenvalue weighted by Crippen LogP contribution is -2.56. The second-order valence-corrected chi connectivity index (χ2v) is 14.5. The van der Waals surface area contributed by atoms with Crippen LogP contribution in [0.1, 0.15) is 31.9 Å². The van der Waals surface area contributed by atoms with E-state index in [-0.39, 0.29) is 29.5 Å². The van der Waals surface area contributed by atoms with Crippen molar-refractivity contribution in [2.24, 2.45) is 0 Å². The third-order valence-electron chi connectivity index (χ3n) is 7.49. The molecule has 1 atom stereocenters. The van der Waals surface area contributed by atoms with Gasteiger partial charge in [0.2, 0.25) is 11.8 Å². The second-order valence-electron chi connectivity index (χ2n) is 12.2. The van der Waals surface area contributed by atoms with Crippen molar-refractivity contribution in [1.29, 1.82) is 0 Å². The lowest BCUT2D eigenvalue weighted by atomic mass is 10.0. The molecule has 5 rings (SSSR count). The molecule has 0 radical (unpaired) electrons. The lowest BCUT2D eigenvalue weighted by Gasteiger charge is -2.35. The van der Waals surface area contributed by atoms with Crippen LogP contribution in [0.3, 0.4) is 0 Å². The SMILES string of the molecule is CC(C)(C)NC(=O)C(Cc1ccccc1)N(Cc1ccccc1Cl)C(=O)CN(c1ccc2c(c1)OCCO2)S(=O)(=O)c1ccccc1. The van der Waals surface area contributed by atoms with Crippen LogP contribution in [0.4, 0.5) is 5.69 Å². The predicted molar refractivity (Wildman–Crippen MR) is 182 cm³/mol. The van der Waals surface area contributed by atoms with Gasteiger partial charge in [-0.25, -0.2) is 8.42 Å². The molecular formula is C36H38ClN3O6S. The molecular weight excluding hydrogens is 638 g/mol. The summed E-state index contributed by atoms with van der Waals surface area (Å²) in [7, 11) is -4.26. The number of nitrogens with one attached hydrogen (secondary N) is 1. The molecule has 0 saturated heterocycles. The third kappa shape index (κ3) is 8.44. The van der Waals surface area contributed by atoms with Crippen molar-refractivity contribution in [1.82, 2.24) is 10.2 Å². The summed E-state index contributed by atoms with van der Waals surface area (Å²) in [5.74, 6) is -0.123. The fraction of sp³-hybridized carbons (Fsp3) is 0.278. The van der Waals surface area contributed by atoms with Crippen molar-refractivity contribution in [3.63, 3.8) is 0 Å². The molecule has 1 N–H and O–H groups in total. The number of benzene rings is 4. The van der Waals surface area contributed by atoms with E-state index in [0.717, 1.165) is 9.87 Å². The number of rotatable bonds is 11. The molecule has 4 aromatic carbocycles. The molecule has 1 unspecified atom stereocenters. The Kier molecular flexibility index (Phi) is 10.4. The normalized spacial score (nSPS) is 13.4. The standard InChI is InChI=1S/C36H38ClN3O6S/c1-36(2,3)38-35(42)31(22-26-12-6-4-7-13-26)39(24-27-14-10-11-17-30(27)37)34(41)25-40(47(43,44)29-15-8-5-9-16-29)28-18-19-32-33(23-28)46-21-20-45-32/h4-19,23,31H,20-22,24-25H2,1-3H3,(H,38,42). The Bertz CT molecular complexity index is 1810. The van der Waals surface area contributed by atoms with Crippen LogP contribution in [-0.4, -0.2) is 56.5 Å². The van der Waals surface area contributed by atoms with E-state index in [4.69, 9.17) is 21.1 Å². The van der Waals surface area contributed by atoms with Crippen molar-refractivity contribution in [2.45, 2.75) is 50.2 Å². The number of ether oxygens (including phenoxy) is 2. The smallest absolute Gasteiger partial charge is 0.264 e. The van der Waals surface area contributed by atoms with Gasteiger partial charge in [0.15, 0.2) is 11.5 Å². The van der Waals surface area contributed by atoms with Crippen molar-refractivity contribution < 1.29 is 27.5 Å². The van der Waals surface area contributed by atoms with Gasteiger partial charge in [0.25, 0.3) is 10.0 Å². The summed E-state index contributed by atoms with van der Waals surface area (Å²) in [4.78, 5) is 30.1. The Morgan fingerprint density at radius 2 is 1.47 bits per heavy atom. The van der Waals surface area contributed by atoms with Crippen LogP contribution < -0.4 is 19.1 Å². The van der Waals surface area contributed by atoms with Gasteiger partial charge in [-0.3, -0.25) is 13.9 Å². The van der Waals surface area contributed by atoms with Gasteiger partial charge in [-0.15, -0.1) is 0 Å². The molecule has 0 saturated carbocycles. The summed E-state index contributed by atoms with van der Waals surface area (Å²) < 4.78 is 40.9. The Morgan fingerprint density at radius 3 is 2.13 bits per heavy atom. The number of hydrogen-bond donors (Lipinski definition) is 1. The van der Waals surface area contributed by atoms with Crippen LogP contribution in [0, 0.1) is 0 Å². The Morgan fingerprint density at radius 1 is 0.851 bits per heavy atom. The number of nitrogens with zero attached hydrogens (tertiary/aromatic N) is 2. The molecule has 0 aromatic heterocycles. The van der Waals surface area contributed by atoms with Gasteiger partial charge < -0.3 is 19.7 Å². The predicted octanol–water partition coefficient (Wildman–Crippen LogP) is 5.86. The fourth-order valence-corrected chi connectivity index (χ4v) is 6.88. The summed E-state index contributed by atoms with van der Waals surface area (Å²) in [6.07, 6.45) is 0.189. The summed E-state index contributed by atoms with van der Waals surface area (Å²) in [6.45, 7) is 5.62. The first kappa shape index (κ1) is 33.8. The molecule has 246 valence electrons. The molecule has 0 aliphatic carbocycles. The number of fused-ring (bicyclic) bond motifs is 1. The van der Waals surface area contributed by atoms with Gasteiger partial charge in [-0.05, 0) is 62.2 Å². The molecule has 1 aliphatic rings. The molecule has 1 heterocycles. The van der Waals surface area contributed by atoms with Crippen LogP contribution >= 0.6 is 11.6 Å². The number of sulfonamides is 1. The van der Waals surface area contributed by atoms with Gasteiger partial charge >= 0.3 is 0 Å². The maximum atomic E-state index is 14.7. The van der Waals surface area contributed by atoms with E-state index in [9.17, 15) is 18.0 Å².